The highest BCUT2D eigenvalue weighted by atomic mass is 28.3. The third kappa shape index (κ3) is 3.27. The van der Waals surface area contributed by atoms with Gasteiger partial charge in [-0.3, -0.25) is 9.59 Å². The van der Waals surface area contributed by atoms with Gasteiger partial charge in [-0.15, -0.1) is 0 Å². The average molecular weight is 342 g/mol. The fraction of sp³-hybridized carbons (Fsp3) is 0.529. The van der Waals surface area contributed by atoms with Crippen molar-refractivity contribution in [3.05, 3.63) is 35.4 Å². The Morgan fingerprint density at radius 2 is 1.74 bits per heavy atom. The Morgan fingerprint density at radius 3 is 2.17 bits per heavy atom. The summed E-state index contributed by atoms with van der Waals surface area (Å²) in [6, 6.07) is 4.87. The maximum absolute atomic E-state index is 13.0. The summed E-state index contributed by atoms with van der Waals surface area (Å²) < 4.78 is 38.9. The van der Waals surface area contributed by atoms with E-state index in [1.54, 1.807) is 0 Å². The van der Waals surface area contributed by atoms with Gasteiger partial charge in [-0.25, -0.2) is 0 Å². The third-order valence-corrected chi connectivity index (χ3v) is 7.77. The maximum atomic E-state index is 13.0. The molecule has 2 rings (SSSR count). The lowest BCUT2D eigenvalue weighted by Crippen LogP contribution is -2.53. The normalized spacial score (nSPS) is 24.9. The summed E-state index contributed by atoms with van der Waals surface area (Å²) in [5, 5.41) is 0. The summed E-state index contributed by atoms with van der Waals surface area (Å²) in [7, 11) is -1.51. The van der Waals surface area contributed by atoms with Crippen LogP contribution in [0.5, 0.6) is 0 Å². The highest BCUT2D eigenvalue weighted by Gasteiger charge is 2.55. The van der Waals surface area contributed by atoms with E-state index < -0.39 is 36.8 Å². The number of rotatable bonds is 4. The maximum Gasteiger partial charge on any atom is 0.416 e. The van der Waals surface area contributed by atoms with E-state index in [0.717, 1.165) is 12.1 Å². The first-order valence-electron chi connectivity index (χ1n) is 7.61. The van der Waals surface area contributed by atoms with E-state index in [1.165, 1.54) is 19.1 Å². The SMILES string of the molecule is CC(=O)C(=O)C1(c2cccc(C(F)(F)F)c2)CC([Si](C)(C)C)C1. The molecule has 1 aromatic rings. The molecule has 0 bridgehead atoms. The molecule has 23 heavy (non-hydrogen) atoms. The Kier molecular flexibility index (Phi) is 4.35. The van der Waals surface area contributed by atoms with Gasteiger partial charge in [0.25, 0.3) is 0 Å². The number of halogens is 3. The molecule has 0 radical (unpaired) electrons. The van der Waals surface area contributed by atoms with Crippen LogP contribution in [0.15, 0.2) is 24.3 Å². The number of hydrogen-bond donors (Lipinski definition) is 0. The predicted octanol–water partition coefficient (Wildman–Crippen LogP) is 4.60. The first-order valence-corrected chi connectivity index (χ1v) is 11.2. The largest absolute Gasteiger partial charge is 0.416 e. The highest BCUT2D eigenvalue weighted by Crippen LogP contribution is 2.56. The van der Waals surface area contributed by atoms with Crippen LogP contribution in [0.1, 0.15) is 30.9 Å². The predicted molar refractivity (Wildman–Crippen MR) is 85.1 cm³/mol. The molecule has 126 valence electrons. The number of alkyl halides is 3. The van der Waals surface area contributed by atoms with Crippen molar-refractivity contribution < 1.29 is 22.8 Å². The van der Waals surface area contributed by atoms with Crippen molar-refractivity contribution in [2.24, 2.45) is 0 Å². The molecule has 1 aliphatic carbocycles. The molecule has 0 heterocycles. The quantitative estimate of drug-likeness (QED) is 0.592. The van der Waals surface area contributed by atoms with Crippen molar-refractivity contribution in [2.75, 3.05) is 0 Å². The Hall–Kier alpha value is -1.43. The van der Waals surface area contributed by atoms with Crippen molar-refractivity contribution in [3.8, 4) is 0 Å². The van der Waals surface area contributed by atoms with E-state index in [4.69, 9.17) is 0 Å². The second-order valence-corrected chi connectivity index (χ2v) is 13.1. The monoisotopic (exact) mass is 342 g/mol. The molecule has 1 aliphatic rings. The number of carbonyl (C=O) groups is 2. The van der Waals surface area contributed by atoms with Crippen molar-refractivity contribution in [1.29, 1.82) is 0 Å². The van der Waals surface area contributed by atoms with Crippen LogP contribution in [0, 0.1) is 0 Å². The molecule has 0 spiro atoms. The number of ketones is 2. The molecule has 6 heteroatoms. The van der Waals surface area contributed by atoms with Crippen LogP contribution in [-0.4, -0.2) is 19.6 Å². The Morgan fingerprint density at radius 1 is 1.17 bits per heavy atom. The molecular weight excluding hydrogens is 321 g/mol. The molecule has 0 aliphatic heterocycles. The fourth-order valence-corrected chi connectivity index (χ4v) is 5.20. The minimum absolute atomic E-state index is 0.321. The lowest BCUT2D eigenvalue weighted by Gasteiger charge is -2.51. The van der Waals surface area contributed by atoms with Gasteiger partial charge in [-0.1, -0.05) is 37.8 Å². The molecule has 0 unspecified atom stereocenters. The summed E-state index contributed by atoms with van der Waals surface area (Å²) in [6.45, 7) is 7.71. The lowest BCUT2D eigenvalue weighted by molar-refractivity contribution is -0.141. The van der Waals surface area contributed by atoms with Crippen LogP contribution in [0.25, 0.3) is 0 Å². The van der Waals surface area contributed by atoms with Crippen LogP contribution in [0.2, 0.25) is 25.2 Å². The molecule has 0 amide bonds. The van der Waals surface area contributed by atoms with Crippen LogP contribution < -0.4 is 0 Å². The van der Waals surface area contributed by atoms with Crippen LogP contribution in [0.4, 0.5) is 13.2 Å². The zero-order chi connectivity index (χ0) is 17.6. The van der Waals surface area contributed by atoms with E-state index in [1.807, 2.05) is 0 Å². The van der Waals surface area contributed by atoms with Gasteiger partial charge in [0, 0.05) is 15.0 Å². The molecule has 0 N–H and O–H groups in total. The molecule has 1 fully saturated rings. The van der Waals surface area contributed by atoms with Crippen molar-refractivity contribution in [2.45, 2.75) is 56.5 Å². The second kappa shape index (κ2) is 5.58. The van der Waals surface area contributed by atoms with Gasteiger partial charge in [0.15, 0.2) is 5.78 Å². The summed E-state index contributed by atoms with van der Waals surface area (Å²) in [5.41, 5.74) is -1.19. The van der Waals surface area contributed by atoms with Gasteiger partial charge in [0.05, 0.1) is 11.0 Å². The van der Waals surface area contributed by atoms with E-state index >= 15 is 0 Å². The zero-order valence-corrected chi connectivity index (χ0v) is 14.8. The molecule has 0 atom stereocenters. The van der Waals surface area contributed by atoms with Crippen LogP contribution >= 0.6 is 0 Å². The molecule has 0 saturated heterocycles. The van der Waals surface area contributed by atoms with Gasteiger partial charge < -0.3 is 0 Å². The third-order valence-electron chi connectivity index (χ3n) is 4.91. The molecule has 2 nitrogen and oxygen atoms in total. The van der Waals surface area contributed by atoms with Crippen molar-refractivity contribution in [1.82, 2.24) is 0 Å². The summed E-state index contributed by atoms with van der Waals surface area (Å²) in [6.07, 6.45) is -3.51. The average Bonchev–Trinajstić information content (AvgIpc) is 2.35. The summed E-state index contributed by atoms with van der Waals surface area (Å²) in [4.78, 5) is 24.1. The zero-order valence-electron chi connectivity index (χ0n) is 13.8. The number of benzene rings is 1. The Labute approximate surface area is 135 Å². The van der Waals surface area contributed by atoms with Crippen molar-refractivity contribution in [3.63, 3.8) is 0 Å². The number of hydrogen-bond acceptors (Lipinski definition) is 2. The number of Topliss-reactive ketones (excluding diaryl/α,β-unsaturated/α-hetero) is 2. The van der Waals surface area contributed by atoms with E-state index in [-0.39, 0.29) is 0 Å². The van der Waals surface area contributed by atoms with Gasteiger partial charge in [-0.05, 0) is 30.0 Å². The van der Waals surface area contributed by atoms with E-state index in [0.29, 0.717) is 23.9 Å². The van der Waals surface area contributed by atoms with Gasteiger partial charge >= 0.3 is 6.18 Å². The Bertz CT molecular complexity index is 638. The van der Waals surface area contributed by atoms with Gasteiger partial charge in [-0.2, -0.15) is 13.2 Å². The second-order valence-electron chi connectivity index (χ2n) is 7.52. The summed E-state index contributed by atoms with van der Waals surface area (Å²) >= 11 is 0. The van der Waals surface area contributed by atoms with Crippen LogP contribution in [-0.2, 0) is 21.2 Å². The van der Waals surface area contributed by atoms with E-state index in [2.05, 4.69) is 19.6 Å². The van der Waals surface area contributed by atoms with Crippen LogP contribution in [0.3, 0.4) is 0 Å². The Balaban J connectivity index is 2.45. The van der Waals surface area contributed by atoms with E-state index in [9.17, 15) is 22.8 Å². The lowest BCUT2D eigenvalue weighted by atomic mass is 9.60. The smallest absolute Gasteiger partial charge is 0.291 e. The first-order chi connectivity index (χ1) is 10.4. The molecule has 1 saturated carbocycles. The van der Waals surface area contributed by atoms with Gasteiger partial charge in [0.2, 0.25) is 5.78 Å². The van der Waals surface area contributed by atoms with Crippen molar-refractivity contribution >= 4 is 19.6 Å². The molecule has 1 aromatic carbocycles. The summed E-state index contributed by atoms with van der Waals surface area (Å²) in [5.74, 6) is -1.15. The number of carbonyl (C=O) groups excluding carboxylic acids is 2. The topological polar surface area (TPSA) is 34.1 Å². The highest BCUT2D eigenvalue weighted by molar-refractivity contribution is 6.78. The minimum atomic E-state index is -4.46. The minimum Gasteiger partial charge on any atom is -0.291 e. The van der Waals surface area contributed by atoms with Gasteiger partial charge in [0.1, 0.15) is 0 Å². The first kappa shape index (κ1) is 17.9. The molecular formula is C17H21F3O2Si. The fourth-order valence-electron chi connectivity index (χ4n) is 3.28. The standard InChI is InChI=1S/C17H21F3O2Si/c1-11(21)15(22)16(9-14(10-16)23(2,3)4)12-6-5-7-13(8-12)17(18,19)20/h5-8,14H,9-10H2,1-4H3. The molecule has 0 aromatic heterocycles.